The van der Waals surface area contributed by atoms with E-state index in [1.54, 1.807) is 0 Å². The van der Waals surface area contributed by atoms with Crippen LogP contribution in [0.1, 0.15) is 24.1 Å². The molecule has 0 heterocycles. The third-order valence-electron chi connectivity index (χ3n) is 2.88. The van der Waals surface area contributed by atoms with E-state index in [9.17, 15) is 0 Å². The Morgan fingerprint density at radius 2 is 1.90 bits per heavy atom. The molecule has 5 heteroatoms. The molecule has 0 aliphatic carbocycles. The topological polar surface area (TPSA) is 35.2 Å². The molecular formula is C15H14BrCl2NO. The van der Waals surface area contributed by atoms with Gasteiger partial charge in [0.15, 0.2) is 0 Å². The van der Waals surface area contributed by atoms with E-state index in [-0.39, 0.29) is 6.04 Å². The summed E-state index contributed by atoms with van der Waals surface area (Å²) < 4.78 is 6.64. The molecule has 20 heavy (non-hydrogen) atoms. The summed E-state index contributed by atoms with van der Waals surface area (Å²) in [6.07, 6.45) is 0. The zero-order chi connectivity index (χ0) is 14.7. The summed E-state index contributed by atoms with van der Waals surface area (Å²) >= 11 is 15.7. The van der Waals surface area contributed by atoms with Crippen molar-refractivity contribution in [3.63, 3.8) is 0 Å². The lowest BCUT2D eigenvalue weighted by molar-refractivity contribution is 0.306. The predicted octanol–water partition coefficient (Wildman–Crippen LogP) is 5.35. The molecule has 0 aliphatic heterocycles. The Balaban J connectivity index is 2.11. The van der Waals surface area contributed by atoms with Gasteiger partial charge in [0.05, 0.1) is 5.02 Å². The van der Waals surface area contributed by atoms with Crippen molar-refractivity contribution in [3.05, 3.63) is 62.0 Å². The number of ether oxygens (including phenoxy) is 1. The van der Waals surface area contributed by atoms with Crippen LogP contribution in [0.3, 0.4) is 0 Å². The predicted molar refractivity (Wildman–Crippen MR) is 87.5 cm³/mol. The normalized spacial score (nSPS) is 12.2. The molecule has 2 rings (SSSR count). The molecule has 0 unspecified atom stereocenters. The molecule has 2 nitrogen and oxygen atoms in total. The lowest BCUT2D eigenvalue weighted by atomic mass is 10.1. The van der Waals surface area contributed by atoms with Crippen LogP contribution in [0.2, 0.25) is 10.0 Å². The Morgan fingerprint density at radius 1 is 1.15 bits per heavy atom. The van der Waals surface area contributed by atoms with Crippen molar-refractivity contribution in [3.8, 4) is 5.75 Å². The maximum Gasteiger partial charge on any atom is 0.138 e. The quantitative estimate of drug-likeness (QED) is 0.782. The summed E-state index contributed by atoms with van der Waals surface area (Å²) in [7, 11) is 0. The van der Waals surface area contributed by atoms with E-state index in [1.807, 2.05) is 43.3 Å². The van der Waals surface area contributed by atoms with Gasteiger partial charge in [0, 0.05) is 21.1 Å². The fourth-order valence-corrected chi connectivity index (χ4v) is 2.68. The molecular weight excluding hydrogens is 361 g/mol. The van der Waals surface area contributed by atoms with E-state index in [4.69, 9.17) is 33.7 Å². The second-order valence-electron chi connectivity index (χ2n) is 4.50. The monoisotopic (exact) mass is 373 g/mol. The van der Waals surface area contributed by atoms with E-state index in [1.165, 1.54) is 0 Å². The van der Waals surface area contributed by atoms with Gasteiger partial charge in [0.1, 0.15) is 12.4 Å². The van der Waals surface area contributed by atoms with Gasteiger partial charge in [-0.1, -0.05) is 51.3 Å². The summed E-state index contributed by atoms with van der Waals surface area (Å²) in [4.78, 5) is 0. The van der Waals surface area contributed by atoms with Crippen LogP contribution in [0, 0.1) is 0 Å². The molecule has 106 valence electrons. The van der Waals surface area contributed by atoms with Gasteiger partial charge in [-0.2, -0.15) is 0 Å². The van der Waals surface area contributed by atoms with Crippen LogP contribution in [0.4, 0.5) is 0 Å². The molecule has 0 aliphatic rings. The van der Waals surface area contributed by atoms with Crippen molar-refractivity contribution >= 4 is 39.1 Å². The third kappa shape index (κ3) is 3.89. The molecule has 0 spiro atoms. The lowest BCUT2D eigenvalue weighted by Gasteiger charge is -2.12. The number of rotatable bonds is 4. The Morgan fingerprint density at radius 3 is 2.50 bits per heavy atom. The summed E-state index contributed by atoms with van der Waals surface area (Å²) in [6.45, 7) is 2.27. The first kappa shape index (κ1) is 15.6. The second kappa shape index (κ2) is 6.81. The molecule has 2 aromatic carbocycles. The van der Waals surface area contributed by atoms with Crippen molar-refractivity contribution in [2.75, 3.05) is 0 Å². The Bertz CT molecular complexity index is 617. The molecule has 0 saturated heterocycles. The largest absolute Gasteiger partial charge is 0.487 e. The molecule has 0 fully saturated rings. The van der Waals surface area contributed by atoms with Crippen molar-refractivity contribution in [1.82, 2.24) is 0 Å². The van der Waals surface area contributed by atoms with Gasteiger partial charge in [-0.15, -0.1) is 0 Å². The van der Waals surface area contributed by atoms with Crippen LogP contribution in [0.5, 0.6) is 5.75 Å². The Labute approximate surface area is 137 Å². The molecule has 2 N–H and O–H groups in total. The van der Waals surface area contributed by atoms with E-state index >= 15 is 0 Å². The molecule has 0 amide bonds. The van der Waals surface area contributed by atoms with Gasteiger partial charge in [0.2, 0.25) is 0 Å². The van der Waals surface area contributed by atoms with Crippen LogP contribution in [-0.4, -0.2) is 0 Å². The van der Waals surface area contributed by atoms with Crippen molar-refractivity contribution in [1.29, 1.82) is 0 Å². The van der Waals surface area contributed by atoms with Gasteiger partial charge in [0.25, 0.3) is 0 Å². The first-order valence-electron chi connectivity index (χ1n) is 6.09. The average molecular weight is 375 g/mol. The molecule has 2 aromatic rings. The minimum Gasteiger partial charge on any atom is -0.487 e. The van der Waals surface area contributed by atoms with E-state index in [0.717, 1.165) is 15.6 Å². The summed E-state index contributed by atoms with van der Waals surface area (Å²) in [6, 6.07) is 11.2. The zero-order valence-electron chi connectivity index (χ0n) is 10.9. The zero-order valence-corrected chi connectivity index (χ0v) is 14.0. The first-order valence-corrected chi connectivity index (χ1v) is 7.64. The number of hydrogen-bond acceptors (Lipinski definition) is 2. The SMILES string of the molecule is C[C@@H](N)c1ccc(OCc2ccc(Br)cc2Cl)c(Cl)c1. The summed E-state index contributed by atoms with van der Waals surface area (Å²) in [5, 5.41) is 1.20. The summed E-state index contributed by atoms with van der Waals surface area (Å²) in [5.41, 5.74) is 7.69. The Hall–Kier alpha value is -0.740. The maximum absolute atomic E-state index is 6.18. The van der Waals surface area contributed by atoms with Gasteiger partial charge < -0.3 is 10.5 Å². The standard InChI is InChI=1S/C15H14BrCl2NO/c1-9(19)10-3-5-15(14(18)6-10)20-8-11-2-4-12(16)7-13(11)17/h2-7,9H,8,19H2,1H3/t9-/m1/s1. The minimum atomic E-state index is -0.0533. The van der Waals surface area contributed by atoms with Crippen LogP contribution in [0.25, 0.3) is 0 Å². The van der Waals surface area contributed by atoms with Crippen molar-refractivity contribution < 1.29 is 4.74 Å². The van der Waals surface area contributed by atoms with Crippen LogP contribution >= 0.6 is 39.1 Å². The maximum atomic E-state index is 6.18. The number of benzene rings is 2. The molecule has 1 atom stereocenters. The van der Waals surface area contributed by atoms with E-state index < -0.39 is 0 Å². The number of nitrogens with two attached hydrogens (primary N) is 1. The Kier molecular flexibility index (Phi) is 5.33. The van der Waals surface area contributed by atoms with Crippen molar-refractivity contribution in [2.45, 2.75) is 19.6 Å². The fraction of sp³-hybridized carbons (Fsp3) is 0.200. The molecule has 0 saturated carbocycles. The molecule has 0 radical (unpaired) electrons. The number of hydrogen-bond donors (Lipinski definition) is 1. The molecule has 0 aromatic heterocycles. The van der Waals surface area contributed by atoms with Gasteiger partial charge in [-0.25, -0.2) is 0 Å². The van der Waals surface area contributed by atoms with E-state index in [2.05, 4.69) is 15.9 Å². The lowest BCUT2D eigenvalue weighted by Crippen LogP contribution is -2.05. The fourth-order valence-electron chi connectivity index (χ4n) is 1.71. The van der Waals surface area contributed by atoms with Gasteiger partial charge in [-0.05, 0) is 36.8 Å². The highest BCUT2D eigenvalue weighted by molar-refractivity contribution is 9.10. The highest BCUT2D eigenvalue weighted by Gasteiger charge is 2.07. The van der Waals surface area contributed by atoms with Crippen LogP contribution in [0.15, 0.2) is 40.9 Å². The highest BCUT2D eigenvalue weighted by atomic mass is 79.9. The molecule has 0 bridgehead atoms. The van der Waals surface area contributed by atoms with Crippen LogP contribution < -0.4 is 10.5 Å². The highest BCUT2D eigenvalue weighted by Crippen LogP contribution is 2.29. The first-order chi connectivity index (χ1) is 9.47. The van der Waals surface area contributed by atoms with E-state index in [0.29, 0.717) is 22.4 Å². The third-order valence-corrected chi connectivity index (χ3v) is 4.02. The van der Waals surface area contributed by atoms with Gasteiger partial charge in [-0.3, -0.25) is 0 Å². The summed E-state index contributed by atoms with van der Waals surface area (Å²) in [5.74, 6) is 0.620. The average Bonchev–Trinajstić information content (AvgIpc) is 2.38. The second-order valence-corrected chi connectivity index (χ2v) is 6.23. The van der Waals surface area contributed by atoms with Gasteiger partial charge >= 0.3 is 0 Å². The number of halogens is 3. The van der Waals surface area contributed by atoms with Crippen LogP contribution in [-0.2, 0) is 6.61 Å². The van der Waals surface area contributed by atoms with Crippen molar-refractivity contribution in [2.24, 2.45) is 5.73 Å². The minimum absolute atomic E-state index is 0.0533. The smallest absolute Gasteiger partial charge is 0.138 e.